The summed E-state index contributed by atoms with van der Waals surface area (Å²) in [6.45, 7) is 2.50. The van der Waals surface area contributed by atoms with Crippen LogP contribution in [0.4, 0.5) is 11.5 Å². The van der Waals surface area contributed by atoms with Crippen molar-refractivity contribution in [2.45, 2.75) is 32.4 Å². The number of aryl methyl sites for hydroxylation is 1. The molecule has 0 bridgehead atoms. The fourth-order valence-electron chi connectivity index (χ4n) is 3.33. The summed E-state index contributed by atoms with van der Waals surface area (Å²) in [6.07, 6.45) is 3.67. The summed E-state index contributed by atoms with van der Waals surface area (Å²) in [4.78, 5) is 20.5. The van der Waals surface area contributed by atoms with Crippen molar-refractivity contribution in [3.05, 3.63) is 17.5 Å². The molecule has 1 amide bonds. The highest BCUT2D eigenvalue weighted by Gasteiger charge is 2.36. The summed E-state index contributed by atoms with van der Waals surface area (Å²) < 4.78 is 5.35. The third-order valence-electron chi connectivity index (χ3n) is 4.93. The number of carbonyl (C=O) groups is 1. The second-order valence-corrected chi connectivity index (χ2v) is 6.76. The number of aromatic nitrogens is 4. The number of anilines is 2. The molecule has 1 saturated carbocycles. The van der Waals surface area contributed by atoms with Gasteiger partial charge in [-0.3, -0.25) is 4.79 Å². The Morgan fingerprint density at radius 2 is 2.12 bits per heavy atom. The Labute approximate surface area is 146 Å². The summed E-state index contributed by atoms with van der Waals surface area (Å²) >= 11 is 0. The molecule has 4 rings (SSSR count). The molecular weight excluding hydrogens is 320 g/mol. The second kappa shape index (κ2) is 5.80. The van der Waals surface area contributed by atoms with Gasteiger partial charge >= 0.3 is 0 Å². The molecule has 2 aliphatic rings. The van der Waals surface area contributed by atoms with E-state index in [0.29, 0.717) is 12.4 Å². The normalized spacial score (nSPS) is 18.7. The quantitative estimate of drug-likeness (QED) is 0.913. The smallest absolute Gasteiger partial charge is 0.228 e. The lowest BCUT2D eigenvalue weighted by Crippen LogP contribution is -2.29. The molecule has 0 saturated heterocycles. The summed E-state index contributed by atoms with van der Waals surface area (Å²) in [5.74, 6) is 0.743. The first-order valence-electron chi connectivity index (χ1n) is 8.47. The predicted molar refractivity (Wildman–Crippen MR) is 93.1 cm³/mol. The second-order valence-electron chi connectivity index (χ2n) is 6.76. The summed E-state index contributed by atoms with van der Waals surface area (Å²) in [6, 6.07) is 0.0346. The first kappa shape index (κ1) is 16.0. The van der Waals surface area contributed by atoms with E-state index in [2.05, 4.69) is 32.3 Å². The van der Waals surface area contributed by atoms with E-state index in [9.17, 15) is 4.79 Å². The maximum Gasteiger partial charge on any atom is 0.228 e. The average molecular weight is 342 g/mol. The highest BCUT2D eigenvalue weighted by atomic mass is 16.5. The lowest BCUT2D eigenvalue weighted by Gasteiger charge is -2.34. The molecule has 1 N–H and O–H groups in total. The molecule has 1 aliphatic carbocycles. The number of ether oxygens (including phenoxy) is 1. The van der Waals surface area contributed by atoms with Crippen LogP contribution < -0.4 is 10.2 Å². The Morgan fingerprint density at radius 3 is 2.80 bits per heavy atom. The monoisotopic (exact) mass is 342 g/mol. The molecule has 1 fully saturated rings. The molecule has 0 radical (unpaired) electrons. The maximum atomic E-state index is 12.3. The predicted octanol–water partition coefficient (Wildman–Crippen LogP) is 1.88. The van der Waals surface area contributed by atoms with E-state index in [1.807, 2.05) is 14.1 Å². The number of carbonyl (C=O) groups excluding carboxylic acids is 1. The molecule has 2 aromatic heterocycles. The third kappa shape index (κ3) is 2.57. The SMILES string of the molecule is COCc1cnc(NC(=O)C2CC2)c2c1-c1nn(C)nc1C(C)N2C. The summed E-state index contributed by atoms with van der Waals surface area (Å²) in [5, 5.41) is 12.1. The standard InChI is InChI=1S/C17H22N6O2/c1-9-13-14(21-23(3)20-13)12-11(8-25-4)7-18-16(15(12)22(9)2)19-17(24)10-5-6-10/h7,9-10H,5-6,8H2,1-4H3,(H,18,19,24). The highest BCUT2D eigenvalue weighted by Crippen LogP contribution is 2.47. The molecule has 0 aromatic carbocycles. The number of pyridine rings is 1. The van der Waals surface area contributed by atoms with Gasteiger partial charge in [0.25, 0.3) is 0 Å². The molecule has 3 heterocycles. The van der Waals surface area contributed by atoms with Crippen LogP contribution in [0.15, 0.2) is 6.20 Å². The summed E-state index contributed by atoms with van der Waals surface area (Å²) in [5.41, 5.74) is 4.50. The van der Waals surface area contributed by atoms with E-state index < -0.39 is 0 Å². The molecular formula is C17H22N6O2. The maximum absolute atomic E-state index is 12.3. The first-order chi connectivity index (χ1) is 12.0. The molecule has 1 aliphatic heterocycles. The molecule has 0 spiro atoms. The van der Waals surface area contributed by atoms with Crippen molar-refractivity contribution in [3.63, 3.8) is 0 Å². The van der Waals surface area contributed by atoms with Crippen LogP contribution in [0, 0.1) is 5.92 Å². The van der Waals surface area contributed by atoms with Gasteiger partial charge in [-0.2, -0.15) is 15.0 Å². The van der Waals surface area contributed by atoms with Gasteiger partial charge in [0.2, 0.25) is 5.91 Å². The highest BCUT2D eigenvalue weighted by molar-refractivity contribution is 6.00. The van der Waals surface area contributed by atoms with Crippen LogP contribution in [0.2, 0.25) is 0 Å². The van der Waals surface area contributed by atoms with Gasteiger partial charge in [-0.15, -0.1) is 0 Å². The first-order valence-corrected chi connectivity index (χ1v) is 8.47. The molecule has 25 heavy (non-hydrogen) atoms. The van der Waals surface area contributed by atoms with Gasteiger partial charge in [0.05, 0.1) is 18.3 Å². The van der Waals surface area contributed by atoms with Gasteiger partial charge < -0.3 is 15.0 Å². The van der Waals surface area contributed by atoms with Crippen molar-refractivity contribution >= 4 is 17.4 Å². The fourth-order valence-corrected chi connectivity index (χ4v) is 3.33. The van der Waals surface area contributed by atoms with Crippen LogP contribution in [0.25, 0.3) is 11.3 Å². The van der Waals surface area contributed by atoms with Crippen molar-refractivity contribution in [2.24, 2.45) is 13.0 Å². The van der Waals surface area contributed by atoms with Gasteiger partial charge in [0.1, 0.15) is 11.4 Å². The van der Waals surface area contributed by atoms with Crippen molar-refractivity contribution in [1.29, 1.82) is 0 Å². The van der Waals surface area contributed by atoms with Gasteiger partial charge in [0, 0.05) is 44.4 Å². The van der Waals surface area contributed by atoms with Crippen molar-refractivity contribution < 1.29 is 9.53 Å². The Bertz CT molecular complexity index is 842. The number of hydrogen-bond acceptors (Lipinski definition) is 6. The van der Waals surface area contributed by atoms with Crippen LogP contribution in [-0.2, 0) is 23.2 Å². The minimum absolute atomic E-state index is 0.0346. The largest absolute Gasteiger partial charge is 0.380 e. The van der Waals surface area contributed by atoms with Crippen LogP contribution in [0.5, 0.6) is 0 Å². The van der Waals surface area contributed by atoms with E-state index >= 15 is 0 Å². The summed E-state index contributed by atoms with van der Waals surface area (Å²) in [7, 11) is 5.46. The molecule has 132 valence electrons. The molecule has 8 nitrogen and oxygen atoms in total. The van der Waals surface area contributed by atoms with Crippen LogP contribution in [0.1, 0.15) is 37.1 Å². The molecule has 1 unspecified atom stereocenters. The number of amides is 1. The Morgan fingerprint density at radius 1 is 1.36 bits per heavy atom. The van der Waals surface area contributed by atoms with E-state index in [0.717, 1.165) is 41.0 Å². The van der Waals surface area contributed by atoms with E-state index in [1.54, 1.807) is 18.1 Å². The van der Waals surface area contributed by atoms with Crippen molar-refractivity contribution in [3.8, 4) is 11.3 Å². The average Bonchev–Trinajstić information content (AvgIpc) is 3.36. The molecule has 1 atom stereocenters. The van der Waals surface area contributed by atoms with Gasteiger partial charge in [-0.1, -0.05) is 0 Å². The Kier molecular flexibility index (Phi) is 3.72. The van der Waals surface area contributed by atoms with Crippen molar-refractivity contribution in [1.82, 2.24) is 20.0 Å². The van der Waals surface area contributed by atoms with E-state index in [4.69, 9.17) is 4.74 Å². The van der Waals surface area contributed by atoms with Gasteiger partial charge in [-0.05, 0) is 19.8 Å². The minimum atomic E-state index is 0.0346. The van der Waals surface area contributed by atoms with E-state index in [1.165, 1.54) is 0 Å². The molecule has 2 aromatic rings. The van der Waals surface area contributed by atoms with Crippen LogP contribution in [0.3, 0.4) is 0 Å². The number of fused-ring (bicyclic) bond motifs is 3. The third-order valence-corrected chi connectivity index (χ3v) is 4.93. The Balaban J connectivity index is 1.89. The lowest BCUT2D eigenvalue weighted by molar-refractivity contribution is -0.117. The van der Waals surface area contributed by atoms with Gasteiger partial charge in [-0.25, -0.2) is 4.98 Å². The topological polar surface area (TPSA) is 85.2 Å². The Hall–Kier alpha value is -2.48. The van der Waals surface area contributed by atoms with Crippen molar-refractivity contribution in [2.75, 3.05) is 24.4 Å². The number of hydrogen-bond donors (Lipinski definition) is 1. The lowest BCUT2D eigenvalue weighted by atomic mass is 9.95. The van der Waals surface area contributed by atoms with E-state index in [-0.39, 0.29) is 17.9 Å². The number of nitrogens with zero attached hydrogens (tertiary/aromatic N) is 5. The number of methoxy groups -OCH3 is 1. The zero-order valence-corrected chi connectivity index (χ0v) is 14.9. The minimum Gasteiger partial charge on any atom is -0.380 e. The van der Waals surface area contributed by atoms with Gasteiger partial charge in [0.15, 0.2) is 5.82 Å². The van der Waals surface area contributed by atoms with Crippen LogP contribution >= 0.6 is 0 Å². The fraction of sp³-hybridized carbons (Fsp3) is 0.529. The number of nitrogens with one attached hydrogen (secondary N) is 1. The van der Waals surface area contributed by atoms with Crippen LogP contribution in [-0.4, -0.2) is 40.0 Å². The zero-order chi connectivity index (χ0) is 17.7. The number of rotatable bonds is 4. The zero-order valence-electron chi connectivity index (χ0n) is 14.9. The molecule has 8 heteroatoms.